The van der Waals surface area contributed by atoms with Crippen molar-refractivity contribution >= 4 is 50.7 Å². The lowest BCUT2D eigenvalue weighted by Gasteiger charge is -2.13. The number of rotatable bonds is 4. The molecule has 0 radical (unpaired) electrons. The number of nitrogens with one attached hydrogen (secondary N) is 1. The third-order valence-electron chi connectivity index (χ3n) is 3.39. The molecule has 1 aliphatic rings. The third-order valence-corrected chi connectivity index (χ3v) is 5.53. The molecule has 126 valence electrons. The Hall–Kier alpha value is -1.96. The topological polar surface area (TPSA) is 75.7 Å². The number of ether oxygens (including phenoxy) is 1. The molecule has 0 aromatic heterocycles. The van der Waals surface area contributed by atoms with Gasteiger partial charge in [-0.05, 0) is 42.5 Å². The molecule has 1 amide bonds. The monoisotopic (exact) mass is 386 g/mol. The fraction of sp³-hybridized carbons (Fsp3) is 0.133. The quantitative estimate of drug-likeness (QED) is 0.867. The van der Waals surface area contributed by atoms with Crippen molar-refractivity contribution in [3.8, 4) is 0 Å². The summed E-state index contributed by atoms with van der Waals surface area (Å²) in [6, 6.07) is 10.4. The molecule has 2 aromatic carbocycles. The zero-order valence-corrected chi connectivity index (χ0v) is 14.5. The van der Waals surface area contributed by atoms with Gasteiger partial charge in [0, 0.05) is 5.69 Å². The van der Waals surface area contributed by atoms with Crippen molar-refractivity contribution in [2.75, 3.05) is 22.8 Å². The summed E-state index contributed by atoms with van der Waals surface area (Å²) in [5.41, 5.74) is 0.877. The Kier molecular flexibility index (Phi) is 4.58. The molecule has 24 heavy (non-hydrogen) atoms. The Morgan fingerprint density at radius 1 is 1.04 bits per heavy atom. The van der Waals surface area contributed by atoms with Crippen molar-refractivity contribution in [2.24, 2.45) is 0 Å². The van der Waals surface area contributed by atoms with Crippen molar-refractivity contribution in [1.29, 1.82) is 0 Å². The van der Waals surface area contributed by atoms with E-state index in [-0.39, 0.29) is 9.92 Å². The molecule has 1 heterocycles. The van der Waals surface area contributed by atoms with E-state index < -0.39 is 16.1 Å². The number of halogens is 2. The molecule has 0 bridgehead atoms. The molecule has 2 aromatic rings. The Balaban J connectivity index is 1.81. The predicted molar refractivity (Wildman–Crippen MR) is 92.4 cm³/mol. The lowest BCUT2D eigenvalue weighted by Crippen LogP contribution is -2.23. The van der Waals surface area contributed by atoms with E-state index in [0.29, 0.717) is 29.5 Å². The third kappa shape index (κ3) is 3.43. The molecule has 6 nitrogen and oxygen atoms in total. The number of benzene rings is 2. The number of amides is 1. The smallest absolute Gasteiger partial charge is 0.414 e. The van der Waals surface area contributed by atoms with Gasteiger partial charge in [0.25, 0.3) is 10.0 Å². The second-order valence-electron chi connectivity index (χ2n) is 4.99. The molecule has 0 spiro atoms. The van der Waals surface area contributed by atoms with Crippen LogP contribution in [0.2, 0.25) is 10.0 Å². The van der Waals surface area contributed by atoms with Gasteiger partial charge in [-0.1, -0.05) is 23.2 Å². The van der Waals surface area contributed by atoms with Crippen LogP contribution < -0.4 is 9.62 Å². The zero-order chi connectivity index (χ0) is 17.3. The van der Waals surface area contributed by atoms with Crippen molar-refractivity contribution in [3.05, 3.63) is 52.5 Å². The summed E-state index contributed by atoms with van der Waals surface area (Å²) in [4.78, 5) is 13.0. The summed E-state index contributed by atoms with van der Waals surface area (Å²) in [7, 11) is -3.78. The summed E-state index contributed by atoms with van der Waals surface area (Å²) >= 11 is 11.7. The molecule has 9 heteroatoms. The van der Waals surface area contributed by atoms with Crippen LogP contribution in [0.25, 0.3) is 0 Å². The van der Waals surface area contributed by atoms with Crippen LogP contribution in [0.3, 0.4) is 0 Å². The number of hydrogen-bond donors (Lipinski definition) is 1. The zero-order valence-electron chi connectivity index (χ0n) is 12.2. The van der Waals surface area contributed by atoms with Crippen molar-refractivity contribution in [1.82, 2.24) is 0 Å². The molecule has 0 atom stereocenters. The summed E-state index contributed by atoms with van der Waals surface area (Å²) in [6.45, 7) is 0.754. The molecular weight excluding hydrogens is 375 g/mol. The number of cyclic esters (lactones) is 1. The normalized spacial score (nSPS) is 14.6. The molecule has 0 unspecified atom stereocenters. The largest absolute Gasteiger partial charge is 0.447 e. The maximum Gasteiger partial charge on any atom is 0.414 e. The van der Waals surface area contributed by atoms with Crippen molar-refractivity contribution < 1.29 is 17.9 Å². The van der Waals surface area contributed by atoms with Gasteiger partial charge in [-0.2, -0.15) is 0 Å². The van der Waals surface area contributed by atoms with Gasteiger partial charge in [-0.25, -0.2) is 13.2 Å². The first kappa shape index (κ1) is 16.9. The van der Waals surface area contributed by atoms with E-state index in [9.17, 15) is 13.2 Å². The second-order valence-corrected chi connectivity index (χ2v) is 7.49. The highest BCUT2D eigenvalue weighted by molar-refractivity contribution is 7.92. The van der Waals surface area contributed by atoms with Gasteiger partial charge < -0.3 is 4.74 Å². The summed E-state index contributed by atoms with van der Waals surface area (Å²) in [6.07, 6.45) is -0.445. The first-order chi connectivity index (χ1) is 11.4. The van der Waals surface area contributed by atoms with E-state index in [2.05, 4.69) is 4.72 Å². The van der Waals surface area contributed by atoms with E-state index in [0.717, 1.165) is 0 Å². The summed E-state index contributed by atoms with van der Waals surface area (Å²) in [5.74, 6) is 0. The predicted octanol–water partition coefficient (Wildman–Crippen LogP) is 3.75. The van der Waals surface area contributed by atoms with Crippen molar-refractivity contribution in [2.45, 2.75) is 4.90 Å². The molecule has 3 rings (SSSR count). The summed E-state index contributed by atoms with van der Waals surface area (Å²) < 4.78 is 32.1. The molecule has 1 aliphatic heterocycles. The molecule has 0 aliphatic carbocycles. The van der Waals surface area contributed by atoms with E-state index in [4.69, 9.17) is 27.9 Å². The summed E-state index contributed by atoms with van der Waals surface area (Å²) in [5, 5.41) is 0.584. The van der Waals surface area contributed by atoms with Crippen LogP contribution >= 0.6 is 23.2 Å². The lowest BCUT2D eigenvalue weighted by molar-refractivity contribution is 0.181. The Bertz CT molecular complexity index is 885. The van der Waals surface area contributed by atoms with Gasteiger partial charge in [0.1, 0.15) is 6.61 Å². The lowest BCUT2D eigenvalue weighted by atomic mass is 10.3. The number of anilines is 2. The Morgan fingerprint density at radius 2 is 1.75 bits per heavy atom. The van der Waals surface area contributed by atoms with Crippen molar-refractivity contribution in [3.63, 3.8) is 0 Å². The van der Waals surface area contributed by atoms with Gasteiger partial charge in [0.05, 0.1) is 27.2 Å². The van der Waals surface area contributed by atoms with E-state index in [1.54, 1.807) is 12.1 Å². The SMILES string of the molecule is O=C1OCCN1c1ccc(S(=O)(=O)Nc2ccc(Cl)c(Cl)c2)cc1. The second kappa shape index (κ2) is 6.51. The van der Waals surface area contributed by atoms with E-state index >= 15 is 0 Å². The first-order valence-corrected chi connectivity index (χ1v) is 9.13. The fourth-order valence-electron chi connectivity index (χ4n) is 2.21. The minimum atomic E-state index is -3.78. The molecule has 1 fully saturated rings. The minimum Gasteiger partial charge on any atom is -0.447 e. The molecule has 0 saturated carbocycles. The van der Waals surface area contributed by atoms with Gasteiger partial charge in [-0.15, -0.1) is 0 Å². The van der Waals surface area contributed by atoms with Gasteiger partial charge in [0.2, 0.25) is 0 Å². The maximum absolute atomic E-state index is 12.4. The Morgan fingerprint density at radius 3 is 2.33 bits per heavy atom. The highest BCUT2D eigenvalue weighted by Crippen LogP contribution is 2.27. The standard InChI is InChI=1S/C15H12Cl2N2O4S/c16-13-6-1-10(9-14(13)17)18-24(21,22)12-4-2-11(3-5-12)19-7-8-23-15(19)20/h1-6,9,18H,7-8H2. The van der Waals surface area contributed by atoms with Crippen LogP contribution in [0.1, 0.15) is 0 Å². The average Bonchev–Trinajstić information content (AvgIpc) is 2.97. The van der Waals surface area contributed by atoms with Crippen LogP contribution in [-0.4, -0.2) is 27.7 Å². The number of carbonyl (C=O) groups excluding carboxylic acids is 1. The van der Waals surface area contributed by atoms with Gasteiger partial charge in [-0.3, -0.25) is 9.62 Å². The van der Waals surface area contributed by atoms with Crippen LogP contribution in [0.15, 0.2) is 47.4 Å². The number of carbonyl (C=O) groups is 1. The van der Waals surface area contributed by atoms with Crippen LogP contribution in [0.5, 0.6) is 0 Å². The number of sulfonamides is 1. The number of hydrogen-bond acceptors (Lipinski definition) is 4. The highest BCUT2D eigenvalue weighted by atomic mass is 35.5. The fourth-order valence-corrected chi connectivity index (χ4v) is 3.55. The molecule has 1 saturated heterocycles. The Labute approximate surface area is 149 Å². The first-order valence-electron chi connectivity index (χ1n) is 6.89. The highest BCUT2D eigenvalue weighted by Gasteiger charge is 2.24. The number of nitrogens with zero attached hydrogens (tertiary/aromatic N) is 1. The van der Waals surface area contributed by atoms with Gasteiger partial charge in [0.15, 0.2) is 0 Å². The van der Waals surface area contributed by atoms with Crippen LogP contribution in [0, 0.1) is 0 Å². The van der Waals surface area contributed by atoms with E-state index in [1.807, 2.05) is 0 Å². The van der Waals surface area contributed by atoms with E-state index in [1.165, 1.54) is 35.2 Å². The molecule has 1 N–H and O–H groups in total. The van der Waals surface area contributed by atoms with Crippen LogP contribution in [-0.2, 0) is 14.8 Å². The minimum absolute atomic E-state index is 0.0601. The van der Waals surface area contributed by atoms with Gasteiger partial charge >= 0.3 is 6.09 Å². The maximum atomic E-state index is 12.4. The van der Waals surface area contributed by atoms with Crippen LogP contribution in [0.4, 0.5) is 16.2 Å². The average molecular weight is 387 g/mol. The molecular formula is C15H12Cl2N2O4S.